The predicted octanol–water partition coefficient (Wildman–Crippen LogP) is 0.738. The van der Waals surface area contributed by atoms with Crippen LogP contribution in [0.5, 0.6) is 0 Å². The lowest BCUT2D eigenvalue weighted by atomic mass is 10.1. The highest BCUT2D eigenvalue weighted by molar-refractivity contribution is 5.16. The van der Waals surface area contributed by atoms with Gasteiger partial charge in [0.2, 0.25) is 0 Å². The van der Waals surface area contributed by atoms with E-state index < -0.39 is 0 Å². The van der Waals surface area contributed by atoms with Crippen LogP contribution in [0.4, 0.5) is 0 Å². The number of H-pyrrole nitrogens is 1. The van der Waals surface area contributed by atoms with Crippen molar-refractivity contribution in [1.82, 2.24) is 15.2 Å². The Morgan fingerprint density at radius 2 is 2.46 bits per heavy atom. The molecule has 0 saturated carbocycles. The van der Waals surface area contributed by atoms with Crippen LogP contribution in [0, 0.1) is 0 Å². The maximum absolute atomic E-state index is 5.75. The zero-order chi connectivity index (χ0) is 9.26. The lowest BCUT2D eigenvalue weighted by molar-refractivity contribution is 0.679. The SMILES string of the molecule is CCc1nc(C2C=CC(N)C2)n[nH]1. The van der Waals surface area contributed by atoms with Crippen LogP contribution in [-0.2, 0) is 6.42 Å². The second-order valence-electron chi connectivity index (χ2n) is 3.38. The van der Waals surface area contributed by atoms with Gasteiger partial charge in [0, 0.05) is 18.4 Å². The van der Waals surface area contributed by atoms with Crippen molar-refractivity contribution in [2.75, 3.05) is 0 Å². The van der Waals surface area contributed by atoms with E-state index in [1.54, 1.807) is 0 Å². The van der Waals surface area contributed by atoms with Crippen molar-refractivity contribution in [3.05, 3.63) is 23.8 Å². The van der Waals surface area contributed by atoms with Crippen molar-refractivity contribution in [3.63, 3.8) is 0 Å². The van der Waals surface area contributed by atoms with Gasteiger partial charge >= 0.3 is 0 Å². The van der Waals surface area contributed by atoms with E-state index in [-0.39, 0.29) is 6.04 Å². The van der Waals surface area contributed by atoms with Crippen LogP contribution in [0.2, 0.25) is 0 Å². The second-order valence-corrected chi connectivity index (χ2v) is 3.38. The fraction of sp³-hybridized carbons (Fsp3) is 0.556. The third-order valence-electron chi connectivity index (χ3n) is 2.33. The maximum Gasteiger partial charge on any atom is 0.157 e. The number of aromatic amines is 1. The largest absolute Gasteiger partial charge is 0.324 e. The number of hydrogen-bond donors (Lipinski definition) is 2. The van der Waals surface area contributed by atoms with Gasteiger partial charge in [-0.25, -0.2) is 4.98 Å². The molecule has 4 heteroatoms. The molecule has 1 aliphatic carbocycles. The Labute approximate surface area is 77.2 Å². The number of nitrogens with one attached hydrogen (secondary N) is 1. The molecule has 2 atom stereocenters. The minimum absolute atomic E-state index is 0.175. The molecule has 0 aliphatic heterocycles. The number of nitrogens with zero attached hydrogens (tertiary/aromatic N) is 2. The average Bonchev–Trinajstić information content (AvgIpc) is 2.71. The van der Waals surface area contributed by atoms with Crippen LogP contribution in [0.3, 0.4) is 0 Å². The Morgan fingerprint density at radius 3 is 3.00 bits per heavy atom. The summed E-state index contributed by atoms with van der Waals surface area (Å²) in [5.41, 5.74) is 5.75. The number of aryl methyl sites for hydroxylation is 1. The predicted molar refractivity (Wildman–Crippen MR) is 50.2 cm³/mol. The molecule has 0 spiro atoms. The van der Waals surface area contributed by atoms with Crippen molar-refractivity contribution < 1.29 is 0 Å². The minimum Gasteiger partial charge on any atom is -0.324 e. The first kappa shape index (κ1) is 8.44. The first-order chi connectivity index (χ1) is 6.29. The normalized spacial score (nSPS) is 26.9. The molecule has 13 heavy (non-hydrogen) atoms. The van der Waals surface area contributed by atoms with Crippen LogP contribution >= 0.6 is 0 Å². The van der Waals surface area contributed by atoms with E-state index in [1.807, 2.05) is 6.08 Å². The zero-order valence-electron chi connectivity index (χ0n) is 7.70. The van der Waals surface area contributed by atoms with Crippen molar-refractivity contribution in [1.29, 1.82) is 0 Å². The standard InChI is InChI=1S/C9H14N4/c1-2-8-11-9(13-12-8)6-3-4-7(10)5-6/h3-4,6-7H,2,5,10H2,1H3,(H,11,12,13). The Hall–Kier alpha value is -1.16. The third-order valence-corrected chi connectivity index (χ3v) is 2.33. The quantitative estimate of drug-likeness (QED) is 0.656. The molecule has 1 aliphatic rings. The molecule has 0 radical (unpaired) electrons. The Balaban J connectivity index is 2.13. The number of aromatic nitrogens is 3. The Bertz CT molecular complexity index is 315. The third kappa shape index (κ3) is 1.62. The number of allylic oxidation sites excluding steroid dienone is 1. The van der Waals surface area contributed by atoms with E-state index in [0.717, 1.165) is 24.5 Å². The lowest BCUT2D eigenvalue weighted by Crippen LogP contribution is -2.14. The topological polar surface area (TPSA) is 67.6 Å². The van der Waals surface area contributed by atoms with Gasteiger partial charge in [-0.3, -0.25) is 5.10 Å². The fourth-order valence-corrected chi connectivity index (χ4v) is 1.55. The number of nitrogens with two attached hydrogens (primary N) is 1. The molecule has 0 fully saturated rings. The summed E-state index contributed by atoms with van der Waals surface area (Å²) in [6.45, 7) is 2.06. The van der Waals surface area contributed by atoms with Crippen molar-refractivity contribution >= 4 is 0 Å². The van der Waals surface area contributed by atoms with E-state index in [0.29, 0.717) is 5.92 Å². The van der Waals surface area contributed by atoms with Crippen LogP contribution in [0.1, 0.15) is 30.9 Å². The first-order valence-corrected chi connectivity index (χ1v) is 4.64. The van der Waals surface area contributed by atoms with Gasteiger partial charge in [-0.05, 0) is 6.42 Å². The van der Waals surface area contributed by atoms with E-state index in [4.69, 9.17) is 5.73 Å². The summed E-state index contributed by atoms with van der Waals surface area (Å²) in [5.74, 6) is 2.14. The molecule has 3 N–H and O–H groups in total. The smallest absolute Gasteiger partial charge is 0.157 e. The van der Waals surface area contributed by atoms with Gasteiger partial charge in [-0.2, -0.15) is 5.10 Å². The number of hydrogen-bond acceptors (Lipinski definition) is 3. The first-order valence-electron chi connectivity index (χ1n) is 4.64. The molecule has 1 aromatic rings. The van der Waals surface area contributed by atoms with Gasteiger partial charge in [-0.15, -0.1) is 0 Å². The van der Waals surface area contributed by atoms with Gasteiger partial charge in [-0.1, -0.05) is 19.1 Å². The fourth-order valence-electron chi connectivity index (χ4n) is 1.55. The van der Waals surface area contributed by atoms with Gasteiger partial charge in [0.05, 0.1) is 0 Å². The van der Waals surface area contributed by atoms with E-state index >= 15 is 0 Å². The molecular formula is C9H14N4. The van der Waals surface area contributed by atoms with Crippen molar-refractivity contribution in [3.8, 4) is 0 Å². The van der Waals surface area contributed by atoms with Gasteiger partial charge < -0.3 is 5.73 Å². The summed E-state index contributed by atoms with van der Waals surface area (Å²) in [7, 11) is 0. The van der Waals surface area contributed by atoms with Crippen LogP contribution in [-0.4, -0.2) is 21.2 Å². The molecule has 2 unspecified atom stereocenters. The molecule has 2 rings (SSSR count). The Kier molecular flexibility index (Phi) is 2.14. The van der Waals surface area contributed by atoms with Crippen LogP contribution in [0.25, 0.3) is 0 Å². The van der Waals surface area contributed by atoms with Crippen molar-refractivity contribution in [2.24, 2.45) is 5.73 Å². The van der Waals surface area contributed by atoms with E-state index in [2.05, 4.69) is 28.2 Å². The monoisotopic (exact) mass is 178 g/mol. The van der Waals surface area contributed by atoms with Crippen LogP contribution < -0.4 is 5.73 Å². The van der Waals surface area contributed by atoms with Gasteiger partial charge in [0.25, 0.3) is 0 Å². The number of rotatable bonds is 2. The van der Waals surface area contributed by atoms with Gasteiger partial charge in [0.15, 0.2) is 5.82 Å². The highest BCUT2D eigenvalue weighted by Crippen LogP contribution is 2.24. The highest BCUT2D eigenvalue weighted by atomic mass is 15.2. The molecule has 0 bridgehead atoms. The van der Waals surface area contributed by atoms with E-state index in [9.17, 15) is 0 Å². The summed E-state index contributed by atoms with van der Waals surface area (Å²) >= 11 is 0. The summed E-state index contributed by atoms with van der Waals surface area (Å²) in [6, 6.07) is 0.175. The summed E-state index contributed by atoms with van der Waals surface area (Å²) in [6.07, 6.45) is 5.94. The molecule has 1 aromatic heterocycles. The summed E-state index contributed by atoms with van der Waals surface area (Å²) in [4.78, 5) is 4.37. The molecule has 4 nitrogen and oxygen atoms in total. The zero-order valence-corrected chi connectivity index (χ0v) is 7.70. The van der Waals surface area contributed by atoms with E-state index in [1.165, 1.54) is 0 Å². The van der Waals surface area contributed by atoms with Crippen molar-refractivity contribution in [2.45, 2.75) is 31.7 Å². The van der Waals surface area contributed by atoms with Crippen LogP contribution in [0.15, 0.2) is 12.2 Å². The summed E-state index contributed by atoms with van der Waals surface area (Å²) < 4.78 is 0. The molecule has 0 saturated heterocycles. The highest BCUT2D eigenvalue weighted by Gasteiger charge is 2.20. The molecular weight excluding hydrogens is 164 g/mol. The maximum atomic E-state index is 5.75. The molecule has 0 amide bonds. The molecule has 1 heterocycles. The Morgan fingerprint density at radius 1 is 1.62 bits per heavy atom. The second kappa shape index (κ2) is 3.30. The molecule has 0 aromatic carbocycles. The minimum atomic E-state index is 0.175. The lowest BCUT2D eigenvalue weighted by Gasteiger charge is -2.02. The summed E-state index contributed by atoms with van der Waals surface area (Å²) in [5, 5.41) is 7.07. The average molecular weight is 178 g/mol. The molecule has 70 valence electrons. The van der Waals surface area contributed by atoms with Gasteiger partial charge in [0.1, 0.15) is 5.82 Å².